The Bertz CT molecular complexity index is 425. The number of ether oxygens (including phenoxy) is 3. The SMILES string of the molecule is COc1cc(OC)c(NC2CCOC2C)cc1Cl. The molecular weight excluding hydrogens is 254 g/mol. The molecule has 1 heterocycles. The molecule has 2 atom stereocenters. The van der Waals surface area contributed by atoms with Gasteiger partial charge in [0.05, 0.1) is 37.1 Å². The predicted octanol–water partition coefficient (Wildman–Crippen LogP) is 2.95. The molecule has 1 aliphatic rings. The van der Waals surface area contributed by atoms with Crippen LogP contribution in [0.5, 0.6) is 11.5 Å². The lowest BCUT2D eigenvalue weighted by Gasteiger charge is -2.20. The third kappa shape index (κ3) is 2.65. The minimum absolute atomic E-state index is 0.190. The summed E-state index contributed by atoms with van der Waals surface area (Å²) in [6, 6.07) is 3.89. The largest absolute Gasteiger partial charge is 0.495 e. The Balaban J connectivity index is 2.23. The van der Waals surface area contributed by atoms with Crippen molar-refractivity contribution in [3.63, 3.8) is 0 Å². The molecule has 100 valence electrons. The first kappa shape index (κ1) is 13.3. The summed E-state index contributed by atoms with van der Waals surface area (Å²) in [5.41, 5.74) is 0.866. The minimum Gasteiger partial charge on any atom is -0.495 e. The van der Waals surface area contributed by atoms with Crippen molar-refractivity contribution in [2.45, 2.75) is 25.5 Å². The molecule has 1 fully saturated rings. The second-order valence-corrected chi connectivity index (χ2v) is 4.71. The van der Waals surface area contributed by atoms with Crippen LogP contribution in [0.25, 0.3) is 0 Å². The number of hydrogen-bond acceptors (Lipinski definition) is 4. The minimum atomic E-state index is 0.190. The lowest BCUT2D eigenvalue weighted by Crippen LogP contribution is -2.26. The van der Waals surface area contributed by atoms with E-state index in [9.17, 15) is 0 Å². The molecular formula is C13H18ClNO3. The van der Waals surface area contributed by atoms with Crippen molar-refractivity contribution in [1.29, 1.82) is 0 Å². The summed E-state index contributed by atoms with van der Waals surface area (Å²) in [6.07, 6.45) is 1.17. The maximum atomic E-state index is 6.13. The first-order valence-corrected chi connectivity index (χ1v) is 6.33. The van der Waals surface area contributed by atoms with Crippen LogP contribution in [0.4, 0.5) is 5.69 Å². The normalized spacial score (nSPS) is 22.9. The van der Waals surface area contributed by atoms with Gasteiger partial charge in [-0.3, -0.25) is 0 Å². The number of anilines is 1. The van der Waals surface area contributed by atoms with Crippen LogP contribution in [0.3, 0.4) is 0 Å². The van der Waals surface area contributed by atoms with Crippen LogP contribution in [-0.4, -0.2) is 33.0 Å². The van der Waals surface area contributed by atoms with E-state index < -0.39 is 0 Å². The van der Waals surface area contributed by atoms with Gasteiger partial charge in [-0.15, -0.1) is 0 Å². The summed E-state index contributed by atoms with van der Waals surface area (Å²) < 4.78 is 16.0. The summed E-state index contributed by atoms with van der Waals surface area (Å²) >= 11 is 6.13. The molecule has 1 aliphatic heterocycles. The van der Waals surface area contributed by atoms with Crippen molar-refractivity contribution in [2.24, 2.45) is 0 Å². The van der Waals surface area contributed by atoms with Gasteiger partial charge in [0, 0.05) is 12.7 Å². The molecule has 18 heavy (non-hydrogen) atoms. The highest BCUT2D eigenvalue weighted by atomic mass is 35.5. The molecule has 0 bridgehead atoms. The molecule has 0 spiro atoms. The van der Waals surface area contributed by atoms with Crippen LogP contribution < -0.4 is 14.8 Å². The topological polar surface area (TPSA) is 39.7 Å². The van der Waals surface area contributed by atoms with Gasteiger partial charge in [-0.05, 0) is 19.4 Å². The second kappa shape index (κ2) is 5.67. The molecule has 0 saturated carbocycles. The van der Waals surface area contributed by atoms with Crippen molar-refractivity contribution in [1.82, 2.24) is 0 Å². The summed E-state index contributed by atoms with van der Waals surface area (Å²) in [6.45, 7) is 2.84. The highest BCUT2D eigenvalue weighted by Gasteiger charge is 2.25. The van der Waals surface area contributed by atoms with Crippen LogP contribution >= 0.6 is 11.6 Å². The van der Waals surface area contributed by atoms with Gasteiger partial charge >= 0.3 is 0 Å². The Labute approximate surface area is 112 Å². The van der Waals surface area contributed by atoms with Crippen LogP contribution in [0.1, 0.15) is 13.3 Å². The second-order valence-electron chi connectivity index (χ2n) is 4.30. The lowest BCUT2D eigenvalue weighted by molar-refractivity contribution is 0.121. The Morgan fingerprint density at radius 2 is 2.00 bits per heavy atom. The number of methoxy groups -OCH3 is 2. The fraction of sp³-hybridized carbons (Fsp3) is 0.538. The molecule has 5 heteroatoms. The van der Waals surface area contributed by atoms with Crippen LogP contribution in [0.2, 0.25) is 5.02 Å². The molecule has 4 nitrogen and oxygen atoms in total. The maximum absolute atomic E-state index is 6.13. The molecule has 0 amide bonds. The molecule has 0 radical (unpaired) electrons. The van der Waals surface area contributed by atoms with Gasteiger partial charge in [-0.1, -0.05) is 11.6 Å². The highest BCUT2D eigenvalue weighted by Crippen LogP contribution is 2.37. The van der Waals surface area contributed by atoms with Crippen molar-refractivity contribution in [2.75, 3.05) is 26.1 Å². The first-order valence-electron chi connectivity index (χ1n) is 5.95. The van der Waals surface area contributed by atoms with Crippen molar-refractivity contribution >= 4 is 17.3 Å². The number of hydrogen-bond donors (Lipinski definition) is 1. The van der Waals surface area contributed by atoms with Crippen LogP contribution in [0, 0.1) is 0 Å². The fourth-order valence-electron chi connectivity index (χ4n) is 2.09. The van der Waals surface area contributed by atoms with Crippen LogP contribution in [0.15, 0.2) is 12.1 Å². The number of halogens is 1. The zero-order valence-corrected chi connectivity index (χ0v) is 11.6. The van der Waals surface area contributed by atoms with Gasteiger partial charge < -0.3 is 19.5 Å². The van der Waals surface area contributed by atoms with Gasteiger partial charge in [0.25, 0.3) is 0 Å². The Kier molecular flexibility index (Phi) is 4.19. The number of rotatable bonds is 4. The van der Waals surface area contributed by atoms with E-state index in [1.807, 2.05) is 6.07 Å². The molecule has 1 aromatic rings. The van der Waals surface area contributed by atoms with Crippen molar-refractivity contribution in [3.05, 3.63) is 17.2 Å². The fourth-order valence-corrected chi connectivity index (χ4v) is 2.33. The number of benzene rings is 1. The van der Waals surface area contributed by atoms with E-state index in [2.05, 4.69) is 12.2 Å². The van der Waals surface area contributed by atoms with Gasteiger partial charge in [0.1, 0.15) is 11.5 Å². The summed E-state index contributed by atoms with van der Waals surface area (Å²) in [5.74, 6) is 1.32. The Hall–Kier alpha value is -1.13. The van der Waals surface area contributed by atoms with E-state index in [1.54, 1.807) is 20.3 Å². The van der Waals surface area contributed by atoms with E-state index >= 15 is 0 Å². The quantitative estimate of drug-likeness (QED) is 0.914. The molecule has 2 rings (SSSR count). The first-order chi connectivity index (χ1) is 8.65. The van der Waals surface area contributed by atoms with Crippen molar-refractivity contribution < 1.29 is 14.2 Å². The summed E-state index contributed by atoms with van der Waals surface area (Å²) in [4.78, 5) is 0. The average molecular weight is 272 g/mol. The number of nitrogens with one attached hydrogen (secondary N) is 1. The van der Waals surface area contributed by atoms with E-state index in [1.165, 1.54) is 0 Å². The molecule has 1 N–H and O–H groups in total. The molecule has 0 aliphatic carbocycles. The highest BCUT2D eigenvalue weighted by molar-refractivity contribution is 6.32. The van der Waals surface area contributed by atoms with Crippen molar-refractivity contribution in [3.8, 4) is 11.5 Å². The standard InChI is InChI=1S/C13H18ClNO3/c1-8-10(4-5-18-8)15-11-6-9(14)12(16-2)7-13(11)17-3/h6-8,10,15H,4-5H2,1-3H3. The molecule has 1 saturated heterocycles. The maximum Gasteiger partial charge on any atom is 0.145 e. The molecule has 2 unspecified atom stereocenters. The third-order valence-electron chi connectivity index (χ3n) is 3.19. The average Bonchev–Trinajstić information content (AvgIpc) is 2.75. The van der Waals surface area contributed by atoms with Gasteiger partial charge in [0.2, 0.25) is 0 Å². The Morgan fingerprint density at radius 1 is 1.28 bits per heavy atom. The monoisotopic (exact) mass is 271 g/mol. The third-order valence-corrected chi connectivity index (χ3v) is 3.49. The van der Waals surface area contributed by atoms with Crippen LogP contribution in [-0.2, 0) is 4.74 Å². The van der Waals surface area contributed by atoms with E-state index in [0.29, 0.717) is 10.8 Å². The molecule has 1 aromatic carbocycles. The zero-order valence-electron chi connectivity index (χ0n) is 10.8. The zero-order chi connectivity index (χ0) is 13.1. The predicted molar refractivity (Wildman–Crippen MR) is 72.0 cm³/mol. The van der Waals surface area contributed by atoms with Gasteiger partial charge in [-0.25, -0.2) is 0 Å². The smallest absolute Gasteiger partial charge is 0.145 e. The summed E-state index contributed by atoms with van der Waals surface area (Å²) in [5, 5.41) is 3.97. The molecule has 0 aromatic heterocycles. The van der Waals surface area contributed by atoms with E-state index in [4.69, 9.17) is 25.8 Å². The van der Waals surface area contributed by atoms with E-state index in [-0.39, 0.29) is 12.1 Å². The summed E-state index contributed by atoms with van der Waals surface area (Å²) in [7, 11) is 3.21. The lowest BCUT2D eigenvalue weighted by atomic mass is 10.1. The Morgan fingerprint density at radius 3 is 2.56 bits per heavy atom. The van der Waals surface area contributed by atoms with E-state index in [0.717, 1.165) is 24.5 Å². The van der Waals surface area contributed by atoms with Gasteiger partial charge in [0.15, 0.2) is 0 Å². The van der Waals surface area contributed by atoms with Gasteiger partial charge in [-0.2, -0.15) is 0 Å².